The fourth-order valence-corrected chi connectivity index (χ4v) is 3.35. The van der Waals surface area contributed by atoms with E-state index in [1.165, 1.54) is 23.5 Å². The van der Waals surface area contributed by atoms with Gasteiger partial charge in [-0.3, -0.25) is 4.79 Å². The molecule has 1 aromatic heterocycles. The van der Waals surface area contributed by atoms with Crippen LogP contribution in [0.15, 0.2) is 47.8 Å². The standard InChI is InChI=1S/C20H19FN2O3S/c1-25-16-7-8-18(26-2)14(11-16)6-9-19(24)23-20-22-17(12-27-20)13-4-3-5-15(21)10-13/h3-5,7-8,10-12H,6,9H2,1-2H3,(H,22,23,24). The number of benzene rings is 2. The van der Waals surface area contributed by atoms with Crippen molar-refractivity contribution in [2.75, 3.05) is 19.5 Å². The molecule has 1 N–H and O–H groups in total. The van der Waals surface area contributed by atoms with Crippen LogP contribution in [0.3, 0.4) is 0 Å². The molecule has 0 spiro atoms. The van der Waals surface area contributed by atoms with Crippen molar-refractivity contribution >= 4 is 22.4 Å². The first-order valence-electron chi connectivity index (χ1n) is 8.31. The molecule has 0 aliphatic carbocycles. The van der Waals surface area contributed by atoms with Gasteiger partial charge in [0.1, 0.15) is 17.3 Å². The smallest absolute Gasteiger partial charge is 0.226 e. The van der Waals surface area contributed by atoms with Gasteiger partial charge in [-0.2, -0.15) is 0 Å². The number of amides is 1. The Morgan fingerprint density at radius 1 is 1.19 bits per heavy atom. The zero-order valence-electron chi connectivity index (χ0n) is 15.0. The van der Waals surface area contributed by atoms with Gasteiger partial charge < -0.3 is 14.8 Å². The normalized spacial score (nSPS) is 10.5. The van der Waals surface area contributed by atoms with Crippen LogP contribution in [0.1, 0.15) is 12.0 Å². The van der Waals surface area contributed by atoms with Gasteiger partial charge in [0.15, 0.2) is 5.13 Å². The molecule has 0 atom stereocenters. The van der Waals surface area contributed by atoms with Crippen LogP contribution in [-0.4, -0.2) is 25.1 Å². The molecule has 0 unspecified atom stereocenters. The molecule has 140 valence electrons. The van der Waals surface area contributed by atoms with Crippen LogP contribution < -0.4 is 14.8 Å². The molecule has 0 saturated heterocycles. The lowest BCUT2D eigenvalue weighted by Gasteiger charge is -2.10. The van der Waals surface area contributed by atoms with Crippen molar-refractivity contribution in [1.82, 2.24) is 4.98 Å². The Hall–Kier alpha value is -2.93. The Labute approximate surface area is 160 Å². The van der Waals surface area contributed by atoms with Crippen LogP contribution in [0, 0.1) is 5.82 Å². The molecule has 1 amide bonds. The summed E-state index contributed by atoms with van der Waals surface area (Å²) < 4.78 is 23.9. The highest BCUT2D eigenvalue weighted by Gasteiger charge is 2.11. The average Bonchev–Trinajstić information content (AvgIpc) is 3.14. The highest BCUT2D eigenvalue weighted by Crippen LogP contribution is 2.27. The third-order valence-electron chi connectivity index (χ3n) is 3.98. The summed E-state index contributed by atoms with van der Waals surface area (Å²) in [6, 6.07) is 11.7. The van der Waals surface area contributed by atoms with E-state index >= 15 is 0 Å². The van der Waals surface area contributed by atoms with E-state index in [-0.39, 0.29) is 18.1 Å². The zero-order valence-corrected chi connectivity index (χ0v) is 15.8. The lowest BCUT2D eigenvalue weighted by atomic mass is 10.1. The molecule has 2 aromatic carbocycles. The number of rotatable bonds is 7. The number of ether oxygens (including phenoxy) is 2. The van der Waals surface area contributed by atoms with E-state index in [1.807, 2.05) is 18.2 Å². The Morgan fingerprint density at radius 2 is 2.04 bits per heavy atom. The third kappa shape index (κ3) is 4.83. The minimum absolute atomic E-state index is 0.153. The van der Waals surface area contributed by atoms with Gasteiger partial charge >= 0.3 is 0 Å². The largest absolute Gasteiger partial charge is 0.497 e. The first-order chi connectivity index (χ1) is 13.1. The molecule has 3 aromatic rings. The molecule has 1 heterocycles. The topological polar surface area (TPSA) is 60.5 Å². The van der Waals surface area contributed by atoms with Crippen molar-refractivity contribution in [2.45, 2.75) is 12.8 Å². The predicted octanol–water partition coefficient (Wildman–Crippen LogP) is 4.54. The van der Waals surface area contributed by atoms with Crippen LogP contribution >= 0.6 is 11.3 Å². The molecule has 27 heavy (non-hydrogen) atoms. The van der Waals surface area contributed by atoms with Gasteiger partial charge in [-0.1, -0.05) is 12.1 Å². The zero-order chi connectivity index (χ0) is 19.2. The number of hydrogen-bond acceptors (Lipinski definition) is 5. The summed E-state index contributed by atoms with van der Waals surface area (Å²) in [5, 5.41) is 5.06. The lowest BCUT2D eigenvalue weighted by Crippen LogP contribution is -2.12. The van der Waals surface area contributed by atoms with Gasteiger partial charge in [-0.05, 0) is 42.3 Å². The molecular weight excluding hydrogens is 367 g/mol. The van der Waals surface area contributed by atoms with Crippen molar-refractivity contribution in [1.29, 1.82) is 0 Å². The second-order valence-corrected chi connectivity index (χ2v) is 6.63. The third-order valence-corrected chi connectivity index (χ3v) is 4.74. The number of nitrogens with zero attached hydrogens (tertiary/aromatic N) is 1. The molecule has 0 radical (unpaired) electrons. The summed E-state index contributed by atoms with van der Waals surface area (Å²) in [6.07, 6.45) is 0.784. The SMILES string of the molecule is COc1ccc(OC)c(CCC(=O)Nc2nc(-c3cccc(F)c3)cs2)c1. The van der Waals surface area contributed by atoms with E-state index in [1.54, 1.807) is 31.7 Å². The maximum atomic E-state index is 13.3. The minimum atomic E-state index is -0.321. The highest BCUT2D eigenvalue weighted by molar-refractivity contribution is 7.14. The van der Waals surface area contributed by atoms with E-state index in [9.17, 15) is 9.18 Å². The lowest BCUT2D eigenvalue weighted by molar-refractivity contribution is -0.116. The van der Waals surface area contributed by atoms with Crippen molar-refractivity contribution in [3.63, 3.8) is 0 Å². The molecular formula is C20H19FN2O3S. The number of thiazole rings is 1. The maximum absolute atomic E-state index is 13.3. The molecule has 3 rings (SSSR count). The van der Waals surface area contributed by atoms with E-state index < -0.39 is 0 Å². The number of methoxy groups -OCH3 is 2. The van der Waals surface area contributed by atoms with E-state index in [2.05, 4.69) is 10.3 Å². The summed E-state index contributed by atoms with van der Waals surface area (Å²) in [6.45, 7) is 0. The van der Waals surface area contributed by atoms with Gasteiger partial charge in [0, 0.05) is 17.4 Å². The molecule has 0 fully saturated rings. The summed E-state index contributed by atoms with van der Waals surface area (Å²) in [5.41, 5.74) is 2.20. The Kier molecular flexibility index (Phi) is 6.03. The maximum Gasteiger partial charge on any atom is 0.226 e. The number of nitrogens with one attached hydrogen (secondary N) is 1. The monoisotopic (exact) mass is 386 g/mol. The van der Waals surface area contributed by atoms with E-state index in [0.717, 1.165) is 5.56 Å². The van der Waals surface area contributed by atoms with E-state index in [4.69, 9.17) is 9.47 Å². The van der Waals surface area contributed by atoms with Gasteiger partial charge in [0.2, 0.25) is 5.91 Å². The van der Waals surface area contributed by atoms with Crippen LogP contribution in [0.5, 0.6) is 11.5 Å². The average molecular weight is 386 g/mol. The Balaban J connectivity index is 1.62. The van der Waals surface area contributed by atoms with Gasteiger partial charge in [-0.15, -0.1) is 11.3 Å². The quantitative estimate of drug-likeness (QED) is 0.648. The second-order valence-electron chi connectivity index (χ2n) is 5.77. The number of aromatic nitrogens is 1. The summed E-state index contributed by atoms with van der Waals surface area (Å²) >= 11 is 1.30. The molecule has 0 saturated carbocycles. The molecule has 0 aliphatic heterocycles. The van der Waals surface area contributed by atoms with Crippen molar-refractivity contribution in [3.8, 4) is 22.8 Å². The van der Waals surface area contributed by atoms with Crippen LogP contribution in [-0.2, 0) is 11.2 Å². The van der Waals surface area contributed by atoms with Crippen LogP contribution in [0.25, 0.3) is 11.3 Å². The Bertz CT molecular complexity index is 942. The van der Waals surface area contributed by atoms with Crippen molar-refractivity contribution < 1.29 is 18.7 Å². The van der Waals surface area contributed by atoms with E-state index in [0.29, 0.717) is 34.3 Å². The van der Waals surface area contributed by atoms with Crippen molar-refractivity contribution in [2.24, 2.45) is 0 Å². The van der Waals surface area contributed by atoms with Gasteiger partial charge in [-0.25, -0.2) is 9.37 Å². The number of halogens is 1. The first kappa shape index (κ1) is 18.8. The fourth-order valence-electron chi connectivity index (χ4n) is 2.62. The Morgan fingerprint density at radius 3 is 2.78 bits per heavy atom. The molecule has 7 heteroatoms. The first-order valence-corrected chi connectivity index (χ1v) is 9.19. The fraction of sp³-hybridized carbons (Fsp3) is 0.200. The van der Waals surface area contributed by atoms with Gasteiger partial charge in [0.05, 0.1) is 19.9 Å². The summed E-state index contributed by atoms with van der Waals surface area (Å²) in [5.74, 6) is 0.954. The number of carbonyl (C=O) groups excluding carboxylic acids is 1. The number of aryl methyl sites for hydroxylation is 1. The van der Waals surface area contributed by atoms with Crippen LogP contribution in [0.2, 0.25) is 0 Å². The molecule has 0 bridgehead atoms. The number of carbonyl (C=O) groups is 1. The van der Waals surface area contributed by atoms with Gasteiger partial charge in [0.25, 0.3) is 0 Å². The van der Waals surface area contributed by atoms with Crippen molar-refractivity contribution in [3.05, 3.63) is 59.2 Å². The number of anilines is 1. The molecule has 5 nitrogen and oxygen atoms in total. The second kappa shape index (κ2) is 8.64. The minimum Gasteiger partial charge on any atom is -0.497 e. The predicted molar refractivity (Wildman–Crippen MR) is 104 cm³/mol. The highest BCUT2D eigenvalue weighted by atomic mass is 32.1. The van der Waals surface area contributed by atoms with Crippen LogP contribution in [0.4, 0.5) is 9.52 Å². The number of hydrogen-bond donors (Lipinski definition) is 1. The molecule has 0 aliphatic rings. The summed E-state index contributed by atoms with van der Waals surface area (Å²) in [4.78, 5) is 16.6. The summed E-state index contributed by atoms with van der Waals surface area (Å²) in [7, 11) is 3.19.